The van der Waals surface area contributed by atoms with Crippen LogP contribution in [0.25, 0.3) is 16.4 Å². The van der Waals surface area contributed by atoms with E-state index in [1.807, 2.05) is 28.1 Å². The van der Waals surface area contributed by atoms with Crippen LogP contribution in [0.5, 0.6) is 0 Å². The zero-order chi connectivity index (χ0) is 20.4. The van der Waals surface area contributed by atoms with Crippen LogP contribution in [0.3, 0.4) is 0 Å². The summed E-state index contributed by atoms with van der Waals surface area (Å²) in [7, 11) is 0. The zero-order valence-electron chi connectivity index (χ0n) is 15.9. The van der Waals surface area contributed by atoms with Crippen LogP contribution in [-0.4, -0.2) is 26.3 Å². The molecule has 0 aliphatic rings. The predicted octanol–water partition coefficient (Wildman–Crippen LogP) is 6.24. The standard InChI is InChI=1S/C22H18ClN3OS2/c1-14-5-3-6-18(15(14)2)26-21(20-7-4-12-28-20)24-25-22(26)29-13-19(27)16-8-10-17(23)11-9-16/h3-12H,13H2,1-2H3. The third kappa shape index (κ3) is 4.15. The molecule has 0 aliphatic carbocycles. The Bertz CT molecular complexity index is 1150. The van der Waals surface area contributed by atoms with Gasteiger partial charge < -0.3 is 0 Å². The second-order valence-corrected chi connectivity index (χ2v) is 8.88. The second-order valence-electron chi connectivity index (χ2n) is 6.56. The summed E-state index contributed by atoms with van der Waals surface area (Å²) in [6.07, 6.45) is 0. The number of rotatable bonds is 6. The van der Waals surface area contributed by atoms with Crippen molar-refractivity contribution in [2.24, 2.45) is 0 Å². The first-order chi connectivity index (χ1) is 14.0. The van der Waals surface area contributed by atoms with E-state index < -0.39 is 0 Å². The highest BCUT2D eigenvalue weighted by Gasteiger charge is 2.19. The molecule has 0 fully saturated rings. The summed E-state index contributed by atoms with van der Waals surface area (Å²) in [6, 6.07) is 17.2. The minimum atomic E-state index is 0.0276. The van der Waals surface area contributed by atoms with Crippen molar-refractivity contribution in [3.8, 4) is 16.4 Å². The SMILES string of the molecule is Cc1cccc(-n2c(SCC(=O)c3ccc(Cl)cc3)nnc2-c2cccs2)c1C. The summed E-state index contributed by atoms with van der Waals surface area (Å²) >= 11 is 8.93. The maximum Gasteiger partial charge on any atom is 0.196 e. The van der Waals surface area contributed by atoms with Gasteiger partial charge in [0.15, 0.2) is 16.8 Å². The molecule has 2 heterocycles. The molecule has 0 unspecified atom stereocenters. The highest BCUT2D eigenvalue weighted by Crippen LogP contribution is 2.32. The van der Waals surface area contributed by atoms with Crippen LogP contribution in [0.2, 0.25) is 5.02 Å². The Morgan fingerprint density at radius 2 is 1.86 bits per heavy atom. The van der Waals surface area contributed by atoms with Gasteiger partial charge in [-0.05, 0) is 66.8 Å². The van der Waals surface area contributed by atoms with Gasteiger partial charge in [-0.2, -0.15) is 0 Å². The average Bonchev–Trinajstić information content (AvgIpc) is 3.38. The van der Waals surface area contributed by atoms with Gasteiger partial charge in [0, 0.05) is 10.6 Å². The lowest BCUT2D eigenvalue weighted by Gasteiger charge is -2.13. The Morgan fingerprint density at radius 1 is 1.07 bits per heavy atom. The Morgan fingerprint density at radius 3 is 2.59 bits per heavy atom. The summed E-state index contributed by atoms with van der Waals surface area (Å²) in [4.78, 5) is 13.7. The third-order valence-corrected chi connectivity index (χ3v) is 6.74. The van der Waals surface area contributed by atoms with Crippen LogP contribution < -0.4 is 0 Å². The molecule has 4 nitrogen and oxygen atoms in total. The van der Waals surface area contributed by atoms with Crippen LogP contribution in [0.1, 0.15) is 21.5 Å². The van der Waals surface area contributed by atoms with Gasteiger partial charge in [0.05, 0.1) is 16.3 Å². The number of thiophene rings is 1. The zero-order valence-corrected chi connectivity index (χ0v) is 18.3. The molecule has 0 aliphatic heterocycles. The first-order valence-corrected chi connectivity index (χ1v) is 11.3. The molecule has 0 bridgehead atoms. The number of ketones is 1. The number of thioether (sulfide) groups is 1. The first-order valence-electron chi connectivity index (χ1n) is 9.02. The number of halogens is 1. The van der Waals surface area contributed by atoms with E-state index in [9.17, 15) is 4.79 Å². The van der Waals surface area contributed by atoms with Crippen LogP contribution in [0, 0.1) is 13.8 Å². The van der Waals surface area contributed by atoms with Gasteiger partial charge in [0.2, 0.25) is 0 Å². The average molecular weight is 440 g/mol. The number of hydrogen-bond donors (Lipinski definition) is 0. The molecular formula is C22H18ClN3OS2. The number of benzene rings is 2. The van der Waals surface area contributed by atoms with Crippen LogP contribution >= 0.6 is 34.7 Å². The molecule has 2 aromatic carbocycles. The Labute approximate surface area is 182 Å². The largest absolute Gasteiger partial charge is 0.293 e. The number of nitrogens with zero attached hydrogens (tertiary/aromatic N) is 3. The minimum Gasteiger partial charge on any atom is -0.293 e. The van der Waals surface area contributed by atoms with E-state index in [2.05, 4.69) is 36.2 Å². The summed E-state index contributed by atoms with van der Waals surface area (Å²) in [5, 5.41) is 12.2. The van der Waals surface area contributed by atoms with Gasteiger partial charge in [-0.3, -0.25) is 9.36 Å². The van der Waals surface area contributed by atoms with Gasteiger partial charge in [0.1, 0.15) is 0 Å². The highest BCUT2D eigenvalue weighted by molar-refractivity contribution is 7.99. The fourth-order valence-corrected chi connectivity index (χ4v) is 4.64. The first kappa shape index (κ1) is 19.9. The molecule has 0 atom stereocenters. The molecule has 2 aromatic heterocycles. The van der Waals surface area contributed by atoms with E-state index in [-0.39, 0.29) is 11.5 Å². The summed E-state index contributed by atoms with van der Waals surface area (Å²) < 4.78 is 2.05. The van der Waals surface area contributed by atoms with Gasteiger partial charge in [-0.15, -0.1) is 21.5 Å². The molecule has 0 amide bonds. The fraction of sp³-hybridized carbons (Fsp3) is 0.136. The van der Waals surface area contributed by atoms with Crippen molar-refractivity contribution in [3.63, 3.8) is 0 Å². The van der Waals surface area contributed by atoms with E-state index in [0.29, 0.717) is 15.7 Å². The molecule has 7 heteroatoms. The molecule has 0 radical (unpaired) electrons. The molecule has 4 aromatic rings. The van der Waals surface area contributed by atoms with Crippen molar-refractivity contribution < 1.29 is 4.79 Å². The molecule has 29 heavy (non-hydrogen) atoms. The van der Waals surface area contributed by atoms with Crippen LogP contribution in [0.15, 0.2) is 65.1 Å². The van der Waals surface area contributed by atoms with E-state index in [1.165, 1.54) is 17.3 Å². The smallest absolute Gasteiger partial charge is 0.196 e. The Hall–Kier alpha value is -2.41. The van der Waals surface area contributed by atoms with E-state index in [1.54, 1.807) is 35.6 Å². The van der Waals surface area contributed by atoms with Gasteiger partial charge in [0.25, 0.3) is 0 Å². The summed E-state index contributed by atoms with van der Waals surface area (Å²) in [5.74, 6) is 1.09. The third-order valence-electron chi connectivity index (χ3n) is 4.69. The molecule has 4 rings (SSSR count). The van der Waals surface area contributed by atoms with E-state index >= 15 is 0 Å². The number of carbonyl (C=O) groups excluding carboxylic acids is 1. The number of Topliss-reactive ketones (excluding diaryl/α,β-unsaturated/α-hetero) is 1. The lowest BCUT2D eigenvalue weighted by Crippen LogP contribution is -2.06. The van der Waals surface area contributed by atoms with Crippen molar-refractivity contribution in [1.82, 2.24) is 14.8 Å². The van der Waals surface area contributed by atoms with E-state index in [4.69, 9.17) is 11.6 Å². The van der Waals surface area contributed by atoms with Gasteiger partial charge in [-0.1, -0.05) is 41.6 Å². The molecule has 0 N–H and O–H groups in total. The second kappa shape index (κ2) is 8.53. The van der Waals surface area contributed by atoms with Crippen molar-refractivity contribution >= 4 is 40.5 Å². The lowest BCUT2D eigenvalue weighted by atomic mass is 10.1. The Balaban J connectivity index is 1.69. The van der Waals surface area contributed by atoms with Crippen LogP contribution in [0.4, 0.5) is 0 Å². The minimum absolute atomic E-state index is 0.0276. The van der Waals surface area contributed by atoms with Crippen LogP contribution in [-0.2, 0) is 0 Å². The van der Waals surface area contributed by atoms with Gasteiger partial charge in [-0.25, -0.2) is 0 Å². The van der Waals surface area contributed by atoms with Crippen molar-refractivity contribution in [2.75, 3.05) is 5.75 Å². The fourth-order valence-electron chi connectivity index (χ4n) is 2.97. The molecular weight excluding hydrogens is 422 g/mol. The van der Waals surface area contributed by atoms with Crippen molar-refractivity contribution in [3.05, 3.63) is 81.7 Å². The van der Waals surface area contributed by atoms with Crippen molar-refractivity contribution in [1.29, 1.82) is 0 Å². The highest BCUT2D eigenvalue weighted by atomic mass is 35.5. The lowest BCUT2D eigenvalue weighted by molar-refractivity contribution is 0.102. The maximum atomic E-state index is 12.6. The Kier molecular flexibility index (Phi) is 5.85. The maximum absolute atomic E-state index is 12.6. The van der Waals surface area contributed by atoms with Crippen molar-refractivity contribution in [2.45, 2.75) is 19.0 Å². The monoisotopic (exact) mass is 439 g/mol. The number of aromatic nitrogens is 3. The number of hydrogen-bond acceptors (Lipinski definition) is 5. The molecule has 146 valence electrons. The summed E-state index contributed by atoms with van der Waals surface area (Å²) in [6.45, 7) is 4.18. The predicted molar refractivity (Wildman–Crippen MR) is 121 cm³/mol. The number of carbonyl (C=O) groups is 1. The molecule has 0 spiro atoms. The summed E-state index contributed by atoms with van der Waals surface area (Å²) in [5.41, 5.74) is 4.02. The molecule has 0 saturated heterocycles. The normalized spacial score (nSPS) is 11.0. The quantitative estimate of drug-likeness (QED) is 0.263. The number of aryl methyl sites for hydroxylation is 1. The van der Waals surface area contributed by atoms with Gasteiger partial charge >= 0.3 is 0 Å². The topological polar surface area (TPSA) is 47.8 Å². The van der Waals surface area contributed by atoms with E-state index in [0.717, 1.165) is 22.0 Å². The molecule has 0 saturated carbocycles.